The van der Waals surface area contributed by atoms with Crippen molar-refractivity contribution in [1.82, 2.24) is 10.3 Å². The van der Waals surface area contributed by atoms with Gasteiger partial charge in [0.05, 0.1) is 17.7 Å². The van der Waals surface area contributed by atoms with Crippen LogP contribution in [0.2, 0.25) is 0 Å². The highest BCUT2D eigenvalue weighted by atomic mass is 79.9. The van der Waals surface area contributed by atoms with Crippen LogP contribution in [0, 0.1) is 19.7 Å². The molecule has 0 fully saturated rings. The molecule has 0 radical (unpaired) electrons. The van der Waals surface area contributed by atoms with Gasteiger partial charge in [0.2, 0.25) is 0 Å². The quantitative estimate of drug-likeness (QED) is 0.635. The Hall–Kier alpha value is -2.34. The Morgan fingerprint density at radius 3 is 2.96 bits per heavy atom. The van der Waals surface area contributed by atoms with Gasteiger partial charge in [-0.15, -0.1) is 0 Å². The topological polar surface area (TPSA) is 54.1 Å². The van der Waals surface area contributed by atoms with E-state index in [1.54, 1.807) is 12.1 Å². The molecule has 2 aromatic carbocycles. The van der Waals surface area contributed by atoms with Crippen LogP contribution in [0.4, 0.5) is 4.39 Å². The van der Waals surface area contributed by atoms with E-state index in [-0.39, 0.29) is 11.7 Å². The molecule has 4 nitrogen and oxygen atoms in total. The number of halogens is 2. The third-order valence-electron chi connectivity index (χ3n) is 5.08. The van der Waals surface area contributed by atoms with Crippen LogP contribution in [-0.2, 0) is 12.8 Å². The van der Waals surface area contributed by atoms with Crippen LogP contribution < -0.4 is 10.1 Å². The van der Waals surface area contributed by atoms with E-state index in [0.717, 1.165) is 38.7 Å². The number of H-pyrrole nitrogens is 1. The SMILES string of the molecule is Cc1[nH]c2c(F)ccc(C)c2c1CCNC(=O)c1cc(Br)cc2c1OCC2. The highest BCUT2D eigenvalue weighted by Crippen LogP contribution is 2.33. The Kier molecular flexibility index (Phi) is 4.68. The highest BCUT2D eigenvalue weighted by Gasteiger charge is 2.22. The summed E-state index contributed by atoms with van der Waals surface area (Å²) in [5.41, 5.74) is 5.13. The molecule has 27 heavy (non-hydrogen) atoms. The molecule has 0 aliphatic carbocycles. The average Bonchev–Trinajstić information content (AvgIpc) is 3.22. The molecule has 1 aliphatic heterocycles. The van der Waals surface area contributed by atoms with E-state index in [1.807, 2.05) is 19.9 Å². The van der Waals surface area contributed by atoms with Crippen molar-refractivity contribution in [3.8, 4) is 5.75 Å². The number of aromatic nitrogens is 1. The summed E-state index contributed by atoms with van der Waals surface area (Å²) in [5.74, 6) is 0.266. The van der Waals surface area contributed by atoms with Gasteiger partial charge in [0.25, 0.3) is 5.91 Å². The lowest BCUT2D eigenvalue weighted by Crippen LogP contribution is -2.26. The van der Waals surface area contributed by atoms with Crippen molar-refractivity contribution in [3.05, 3.63) is 62.5 Å². The normalized spacial score (nSPS) is 12.9. The summed E-state index contributed by atoms with van der Waals surface area (Å²) in [4.78, 5) is 15.8. The monoisotopic (exact) mass is 430 g/mol. The molecule has 0 bridgehead atoms. The number of aryl methyl sites for hydroxylation is 2. The molecule has 2 N–H and O–H groups in total. The van der Waals surface area contributed by atoms with Crippen LogP contribution in [0.3, 0.4) is 0 Å². The Balaban J connectivity index is 1.53. The summed E-state index contributed by atoms with van der Waals surface area (Å²) >= 11 is 3.46. The number of fused-ring (bicyclic) bond motifs is 2. The van der Waals surface area contributed by atoms with Crippen molar-refractivity contribution in [3.63, 3.8) is 0 Å². The molecule has 0 saturated heterocycles. The smallest absolute Gasteiger partial charge is 0.255 e. The highest BCUT2D eigenvalue weighted by molar-refractivity contribution is 9.10. The zero-order valence-corrected chi connectivity index (χ0v) is 16.8. The fraction of sp³-hybridized carbons (Fsp3) is 0.286. The Morgan fingerprint density at radius 2 is 2.15 bits per heavy atom. The molecule has 1 amide bonds. The third-order valence-corrected chi connectivity index (χ3v) is 5.54. The van der Waals surface area contributed by atoms with Gasteiger partial charge in [-0.25, -0.2) is 4.39 Å². The standard InChI is InChI=1S/C21H20BrFN2O2/c1-11-3-4-17(23)19-18(11)15(12(2)25-19)5-7-24-21(26)16-10-14(22)9-13-6-8-27-20(13)16/h3-4,9-10,25H,5-8H2,1-2H3,(H,24,26). The van der Waals surface area contributed by atoms with Crippen LogP contribution >= 0.6 is 15.9 Å². The second kappa shape index (κ2) is 7.00. The van der Waals surface area contributed by atoms with Crippen LogP contribution in [0.1, 0.15) is 32.7 Å². The van der Waals surface area contributed by atoms with Crippen molar-refractivity contribution in [2.45, 2.75) is 26.7 Å². The number of ether oxygens (including phenoxy) is 1. The van der Waals surface area contributed by atoms with Crippen LogP contribution in [0.5, 0.6) is 5.75 Å². The second-order valence-electron chi connectivity index (χ2n) is 6.89. The van der Waals surface area contributed by atoms with Crippen molar-refractivity contribution in [2.24, 2.45) is 0 Å². The molecule has 2 heterocycles. The van der Waals surface area contributed by atoms with Gasteiger partial charge in [-0.1, -0.05) is 22.0 Å². The zero-order chi connectivity index (χ0) is 19.1. The molecular weight excluding hydrogens is 411 g/mol. The summed E-state index contributed by atoms with van der Waals surface area (Å²) in [6.07, 6.45) is 1.44. The zero-order valence-electron chi connectivity index (χ0n) is 15.2. The Labute approximate surface area is 165 Å². The summed E-state index contributed by atoms with van der Waals surface area (Å²) < 4.78 is 20.6. The maximum Gasteiger partial charge on any atom is 0.255 e. The number of carbonyl (C=O) groups excluding carboxylic acids is 1. The molecule has 4 rings (SSSR count). The molecule has 1 aliphatic rings. The van der Waals surface area contributed by atoms with E-state index in [9.17, 15) is 9.18 Å². The van der Waals surface area contributed by atoms with Crippen molar-refractivity contribution in [2.75, 3.05) is 13.2 Å². The summed E-state index contributed by atoms with van der Waals surface area (Å²) in [6.45, 7) is 4.97. The number of benzene rings is 2. The van der Waals surface area contributed by atoms with Gasteiger partial charge in [0, 0.05) is 28.5 Å². The minimum absolute atomic E-state index is 0.158. The van der Waals surface area contributed by atoms with Crippen LogP contribution in [0.25, 0.3) is 10.9 Å². The minimum Gasteiger partial charge on any atom is -0.492 e. The first-order chi connectivity index (χ1) is 13.0. The molecule has 0 atom stereocenters. The maximum atomic E-state index is 14.1. The number of carbonyl (C=O) groups is 1. The largest absolute Gasteiger partial charge is 0.492 e. The first-order valence-corrected chi connectivity index (χ1v) is 9.74. The summed E-state index contributed by atoms with van der Waals surface area (Å²) in [5, 5.41) is 3.88. The van der Waals surface area contributed by atoms with Gasteiger partial charge in [0.1, 0.15) is 11.6 Å². The van der Waals surface area contributed by atoms with E-state index in [4.69, 9.17) is 4.74 Å². The lowest BCUT2D eigenvalue weighted by Gasteiger charge is -2.10. The molecule has 0 unspecified atom stereocenters. The van der Waals surface area contributed by atoms with Crippen LogP contribution in [0.15, 0.2) is 28.7 Å². The summed E-state index contributed by atoms with van der Waals surface area (Å²) in [6, 6.07) is 7.05. The number of nitrogens with one attached hydrogen (secondary N) is 2. The third kappa shape index (κ3) is 3.23. The van der Waals surface area contributed by atoms with Gasteiger partial charge in [-0.2, -0.15) is 0 Å². The van der Waals surface area contributed by atoms with Gasteiger partial charge in [-0.05, 0) is 55.2 Å². The fourth-order valence-electron chi connectivity index (χ4n) is 3.79. The number of hydrogen-bond donors (Lipinski definition) is 2. The Morgan fingerprint density at radius 1 is 1.33 bits per heavy atom. The molecule has 0 saturated carbocycles. The fourth-order valence-corrected chi connectivity index (χ4v) is 4.29. The number of amides is 1. The number of aromatic amines is 1. The average molecular weight is 431 g/mol. The molecule has 0 spiro atoms. The first-order valence-electron chi connectivity index (χ1n) is 8.95. The molecular formula is C21H20BrFN2O2. The summed E-state index contributed by atoms with van der Waals surface area (Å²) in [7, 11) is 0. The lowest BCUT2D eigenvalue weighted by molar-refractivity contribution is 0.0951. The van der Waals surface area contributed by atoms with E-state index in [1.165, 1.54) is 6.07 Å². The van der Waals surface area contributed by atoms with E-state index < -0.39 is 0 Å². The second-order valence-corrected chi connectivity index (χ2v) is 7.80. The number of rotatable bonds is 4. The van der Waals surface area contributed by atoms with E-state index in [0.29, 0.717) is 36.4 Å². The minimum atomic E-state index is -0.254. The lowest BCUT2D eigenvalue weighted by atomic mass is 10.0. The number of hydrogen-bond acceptors (Lipinski definition) is 2. The van der Waals surface area contributed by atoms with Crippen molar-refractivity contribution >= 4 is 32.7 Å². The Bertz CT molecular complexity index is 1060. The molecule has 1 aromatic heterocycles. The molecule has 3 aromatic rings. The first kappa shape index (κ1) is 18.0. The predicted octanol–water partition coefficient (Wildman–Crippen LogP) is 4.59. The predicted molar refractivity (Wildman–Crippen MR) is 107 cm³/mol. The maximum absolute atomic E-state index is 14.1. The van der Waals surface area contributed by atoms with Crippen LogP contribution in [-0.4, -0.2) is 24.0 Å². The van der Waals surface area contributed by atoms with Gasteiger partial charge in [-0.3, -0.25) is 4.79 Å². The van der Waals surface area contributed by atoms with E-state index in [2.05, 4.69) is 26.2 Å². The van der Waals surface area contributed by atoms with Crippen molar-refractivity contribution < 1.29 is 13.9 Å². The van der Waals surface area contributed by atoms with E-state index >= 15 is 0 Å². The van der Waals surface area contributed by atoms with Crippen molar-refractivity contribution in [1.29, 1.82) is 0 Å². The van der Waals surface area contributed by atoms with Gasteiger partial charge in [0.15, 0.2) is 0 Å². The van der Waals surface area contributed by atoms with Gasteiger partial charge >= 0.3 is 0 Å². The van der Waals surface area contributed by atoms with Gasteiger partial charge < -0.3 is 15.0 Å². The molecule has 6 heteroatoms. The molecule has 140 valence electrons.